The molecule has 1 aromatic rings. The lowest BCUT2D eigenvalue weighted by Crippen LogP contribution is -2.10. The second-order valence-corrected chi connectivity index (χ2v) is 1.93. The van der Waals surface area contributed by atoms with Crippen molar-refractivity contribution in [1.82, 2.24) is 10.3 Å². The van der Waals surface area contributed by atoms with Crippen molar-refractivity contribution in [3.8, 4) is 5.88 Å². The molecule has 0 unspecified atom stereocenters. The number of halogens is 2. The molecule has 0 aliphatic rings. The molecule has 0 saturated carbocycles. The van der Waals surface area contributed by atoms with E-state index in [-0.39, 0.29) is 0 Å². The average Bonchev–Trinajstić information content (AvgIpc) is 2.47. The fourth-order valence-electron chi connectivity index (χ4n) is 0.548. The summed E-state index contributed by atoms with van der Waals surface area (Å²) < 4.78 is 31.5. The topological polar surface area (TPSA) is 85.5 Å². The van der Waals surface area contributed by atoms with Gasteiger partial charge in [-0.1, -0.05) is 0 Å². The van der Waals surface area contributed by atoms with Gasteiger partial charge in [-0.05, 0) is 10.3 Å². The van der Waals surface area contributed by atoms with Gasteiger partial charge < -0.3 is 9.84 Å². The molecule has 0 atom stereocenters. The maximum Gasteiger partial charge on any atom is 0.363 e. The Morgan fingerprint density at radius 2 is 2.31 bits per heavy atom. The van der Waals surface area contributed by atoms with Crippen molar-refractivity contribution in [2.24, 2.45) is 0 Å². The maximum atomic E-state index is 11.6. The third-order valence-corrected chi connectivity index (χ3v) is 1.01. The summed E-state index contributed by atoms with van der Waals surface area (Å²) in [6.45, 7) is -0.950. The fourth-order valence-corrected chi connectivity index (χ4v) is 0.548. The molecule has 0 saturated heterocycles. The summed E-state index contributed by atoms with van der Waals surface area (Å²) >= 11 is 0. The molecule has 0 bridgehead atoms. The number of hydrogen-bond donors (Lipinski definition) is 1. The molecular weight excluding hydrogens is 190 g/mol. The number of ether oxygens (including phenoxy) is 1. The zero-order valence-electron chi connectivity index (χ0n) is 6.11. The minimum absolute atomic E-state index is 0.548. The van der Waals surface area contributed by atoms with Crippen molar-refractivity contribution in [3.63, 3.8) is 0 Å². The van der Waals surface area contributed by atoms with Crippen LogP contribution in [-0.2, 0) is 0 Å². The molecule has 0 fully saturated rings. The van der Waals surface area contributed by atoms with Crippen LogP contribution in [0.15, 0.2) is 4.63 Å². The molecule has 1 N–H and O–H groups in total. The Labute approximate surface area is 70.1 Å². The first-order valence-electron chi connectivity index (χ1n) is 3.08. The quantitative estimate of drug-likeness (QED) is 0.747. The molecule has 0 amide bonds. The van der Waals surface area contributed by atoms with E-state index in [2.05, 4.69) is 19.7 Å². The van der Waals surface area contributed by atoms with E-state index in [1.807, 2.05) is 0 Å². The summed E-state index contributed by atoms with van der Waals surface area (Å²) in [5, 5.41) is 14.3. The van der Waals surface area contributed by atoms with Gasteiger partial charge in [0.15, 0.2) is 6.61 Å². The molecule has 13 heavy (non-hydrogen) atoms. The number of carboxylic acid groups (broad SMARTS) is 1. The Bertz CT molecular complexity index is 300. The van der Waals surface area contributed by atoms with Crippen LogP contribution in [0.5, 0.6) is 5.88 Å². The first-order valence-corrected chi connectivity index (χ1v) is 3.08. The number of hydrogen-bond acceptors (Lipinski definition) is 5. The minimum Gasteiger partial charge on any atom is -0.476 e. The SMILES string of the molecule is O=C(O)c1nonc1OCC(F)F. The van der Waals surface area contributed by atoms with Gasteiger partial charge in [0.2, 0.25) is 0 Å². The van der Waals surface area contributed by atoms with Crippen LogP contribution in [-0.4, -0.2) is 34.4 Å². The van der Waals surface area contributed by atoms with Crippen LogP contribution < -0.4 is 4.74 Å². The number of carboxylic acids is 1. The molecule has 1 rings (SSSR count). The van der Waals surface area contributed by atoms with Gasteiger partial charge in [-0.2, -0.15) is 0 Å². The van der Waals surface area contributed by atoms with Crippen LogP contribution in [0.1, 0.15) is 10.5 Å². The molecule has 0 radical (unpaired) electrons. The van der Waals surface area contributed by atoms with E-state index in [4.69, 9.17) is 5.11 Å². The van der Waals surface area contributed by atoms with Gasteiger partial charge in [-0.15, -0.1) is 0 Å². The Hall–Kier alpha value is -1.73. The highest BCUT2D eigenvalue weighted by atomic mass is 19.3. The molecule has 72 valence electrons. The summed E-state index contributed by atoms with van der Waals surface area (Å²) in [5.41, 5.74) is -0.624. The number of rotatable bonds is 4. The summed E-state index contributed by atoms with van der Waals surface area (Å²) in [4.78, 5) is 10.3. The highest BCUT2D eigenvalue weighted by molar-refractivity contribution is 5.87. The van der Waals surface area contributed by atoms with Crippen LogP contribution in [0.4, 0.5) is 8.78 Å². The Morgan fingerprint density at radius 3 is 2.85 bits per heavy atom. The number of aromatic carboxylic acids is 1. The van der Waals surface area contributed by atoms with E-state index in [1.54, 1.807) is 0 Å². The van der Waals surface area contributed by atoms with Crippen LogP contribution in [0, 0.1) is 0 Å². The molecule has 1 aromatic heterocycles. The molecule has 8 heteroatoms. The third kappa shape index (κ3) is 2.36. The van der Waals surface area contributed by atoms with Crippen molar-refractivity contribution < 1.29 is 28.0 Å². The Balaban J connectivity index is 2.65. The summed E-state index contributed by atoms with van der Waals surface area (Å²) in [5.74, 6) is -2.00. The highest BCUT2D eigenvalue weighted by Gasteiger charge is 2.19. The van der Waals surface area contributed by atoms with Crippen LogP contribution in [0.3, 0.4) is 0 Å². The molecular formula is C5H4F2N2O4. The summed E-state index contributed by atoms with van der Waals surface area (Å²) in [6.07, 6.45) is -2.71. The Morgan fingerprint density at radius 1 is 1.62 bits per heavy atom. The van der Waals surface area contributed by atoms with Crippen molar-refractivity contribution in [3.05, 3.63) is 5.69 Å². The molecule has 6 nitrogen and oxygen atoms in total. The van der Waals surface area contributed by atoms with Gasteiger partial charge in [0.25, 0.3) is 18.0 Å². The summed E-state index contributed by atoms with van der Waals surface area (Å²) in [7, 11) is 0. The van der Waals surface area contributed by atoms with E-state index in [1.165, 1.54) is 0 Å². The van der Waals surface area contributed by atoms with Gasteiger partial charge in [-0.3, -0.25) is 0 Å². The number of nitrogens with zero attached hydrogens (tertiary/aromatic N) is 2. The summed E-state index contributed by atoms with van der Waals surface area (Å²) in [6, 6.07) is 0. The molecule has 0 aromatic carbocycles. The lowest BCUT2D eigenvalue weighted by Gasteiger charge is -1.99. The predicted molar refractivity (Wildman–Crippen MR) is 32.8 cm³/mol. The van der Waals surface area contributed by atoms with Crippen molar-refractivity contribution in [1.29, 1.82) is 0 Å². The lowest BCUT2D eigenvalue weighted by molar-refractivity contribution is 0.0653. The number of alkyl halides is 2. The van der Waals surface area contributed by atoms with Crippen LogP contribution in [0.2, 0.25) is 0 Å². The van der Waals surface area contributed by atoms with Gasteiger partial charge in [0.1, 0.15) is 0 Å². The highest BCUT2D eigenvalue weighted by Crippen LogP contribution is 2.12. The smallest absolute Gasteiger partial charge is 0.363 e. The molecule has 0 spiro atoms. The second kappa shape index (κ2) is 3.78. The molecule has 1 heterocycles. The zero-order valence-corrected chi connectivity index (χ0v) is 6.11. The monoisotopic (exact) mass is 194 g/mol. The first kappa shape index (κ1) is 9.36. The van der Waals surface area contributed by atoms with Gasteiger partial charge in [-0.25, -0.2) is 18.2 Å². The largest absolute Gasteiger partial charge is 0.476 e. The van der Waals surface area contributed by atoms with Gasteiger partial charge in [0, 0.05) is 0 Å². The predicted octanol–water partition coefficient (Wildman–Crippen LogP) is 0.412. The van der Waals surface area contributed by atoms with E-state index in [0.29, 0.717) is 0 Å². The minimum atomic E-state index is -2.71. The average molecular weight is 194 g/mol. The third-order valence-electron chi connectivity index (χ3n) is 1.01. The van der Waals surface area contributed by atoms with Crippen LogP contribution in [0.25, 0.3) is 0 Å². The molecule has 0 aliphatic carbocycles. The van der Waals surface area contributed by atoms with Crippen LogP contribution >= 0.6 is 0 Å². The van der Waals surface area contributed by atoms with Crippen molar-refractivity contribution >= 4 is 5.97 Å². The molecule has 0 aliphatic heterocycles. The lowest BCUT2D eigenvalue weighted by atomic mass is 10.5. The van der Waals surface area contributed by atoms with Crippen molar-refractivity contribution in [2.75, 3.05) is 6.61 Å². The van der Waals surface area contributed by atoms with E-state index in [9.17, 15) is 13.6 Å². The Kier molecular flexibility index (Phi) is 2.72. The fraction of sp³-hybridized carbons (Fsp3) is 0.400. The van der Waals surface area contributed by atoms with Gasteiger partial charge >= 0.3 is 5.97 Å². The van der Waals surface area contributed by atoms with Crippen molar-refractivity contribution in [2.45, 2.75) is 6.43 Å². The first-order chi connectivity index (χ1) is 6.11. The normalized spacial score (nSPS) is 10.4. The second-order valence-electron chi connectivity index (χ2n) is 1.93. The standard InChI is InChI=1S/C5H4F2N2O4/c6-2(7)1-12-4-3(5(10)11)8-13-9-4/h2H,1H2,(H,10,11). The van der Waals surface area contributed by atoms with E-state index in [0.717, 1.165) is 0 Å². The number of carbonyl (C=O) groups is 1. The number of aromatic nitrogens is 2. The van der Waals surface area contributed by atoms with Gasteiger partial charge in [0.05, 0.1) is 0 Å². The maximum absolute atomic E-state index is 11.6. The van der Waals surface area contributed by atoms with E-state index < -0.39 is 30.6 Å². The zero-order chi connectivity index (χ0) is 9.84. The van der Waals surface area contributed by atoms with E-state index >= 15 is 0 Å².